The van der Waals surface area contributed by atoms with E-state index in [0.717, 1.165) is 25.7 Å². The van der Waals surface area contributed by atoms with Gasteiger partial charge in [0.15, 0.2) is 5.78 Å². The Balaban J connectivity index is 2.07. The largest absolute Gasteiger partial charge is 0.375 e. The highest BCUT2D eigenvalue weighted by Gasteiger charge is 2.41. The predicted octanol–water partition coefficient (Wildman–Crippen LogP) is 1.53. The molecule has 0 aromatic heterocycles. The van der Waals surface area contributed by atoms with Crippen molar-refractivity contribution in [3.05, 3.63) is 0 Å². The molecule has 1 unspecified atom stereocenters. The summed E-state index contributed by atoms with van der Waals surface area (Å²) in [6.45, 7) is 5.27. The van der Waals surface area contributed by atoms with E-state index in [1.54, 1.807) is 4.90 Å². The first-order valence-electron chi connectivity index (χ1n) is 6.55. The number of nitrogens with zero attached hydrogens (tertiary/aromatic N) is 1. The first-order valence-corrected chi connectivity index (χ1v) is 6.55. The Hall–Kier alpha value is -0.900. The Morgan fingerprint density at radius 3 is 2.59 bits per heavy atom. The second kappa shape index (κ2) is 4.77. The van der Waals surface area contributed by atoms with Crippen molar-refractivity contribution in [1.82, 2.24) is 4.90 Å². The van der Waals surface area contributed by atoms with Crippen LogP contribution in [0, 0.1) is 0 Å². The predicted molar refractivity (Wildman–Crippen MR) is 63.6 cm³/mol. The maximum absolute atomic E-state index is 11.7. The zero-order valence-electron chi connectivity index (χ0n) is 10.7. The molecule has 0 spiro atoms. The lowest BCUT2D eigenvalue weighted by Gasteiger charge is -2.42. The standard InChI is InChI=1S/C13H21NO3/c1-3-13(4-2)8-10(5-6-17-13)14-9-11(15)7-12(14)16/h10H,3-9H2,1-2H3. The summed E-state index contributed by atoms with van der Waals surface area (Å²) in [5.74, 6) is 0.0584. The van der Waals surface area contributed by atoms with Gasteiger partial charge in [-0.05, 0) is 25.7 Å². The molecule has 1 atom stereocenters. The Morgan fingerprint density at radius 1 is 1.35 bits per heavy atom. The van der Waals surface area contributed by atoms with E-state index in [4.69, 9.17) is 4.74 Å². The van der Waals surface area contributed by atoms with Crippen LogP contribution in [-0.4, -0.2) is 41.4 Å². The van der Waals surface area contributed by atoms with Crippen molar-refractivity contribution in [2.24, 2.45) is 0 Å². The van der Waals surface area contributed by atoms with Gasteiger partial charge in [-0.3, -0.25) is 9.59 Å². The molecule has 4 heteroatoms. The molecule has 0 bridgehead atoms. The van der Waals surface area contributed by atoms with E-state index < -0.39 is 0 Å². The van der Waals surface area contributed by atoms with Gasteiger partial charge in [0.1, 0.15) is 0 Å². The first kappa shape index (κ1) is 12.6. The number of likely N-dealkylation sites (tertiary alicyclic amines) is 1. The molecule has 0 saturated carbocycles. The Kier molecular flexibility index (Phi) is 3.52. The molecule has 2 saturated heterocycles. The molecular weight excluding hydrogens is 218 g/mol. The van der Waals surface area contributed by atoms with Crippen molar-refractivity contribution in [2.45, 2.75) is 57.6 Å². The van der Waals surface area contributed by atoms with E-state index in [-0.39, 0.29) is 29.8 Å². The fraction of sp³-hybridized carbons (Fsp3) is 0.846. The molecule has 0 N–H and O–H groups in total. The van der Waals surface area contributed by atoms with Gasteiger partial charge in [0.05, 0.1) is 18.6 Å². The molecule has 0 aromatic rings. The molecule has 17 heavy (non-hydrogen) atoms. The molecule has 2 aliphatic heterocycles. The Morgan fingerprint density at radius 2 is 2.06 bits per heavy atom. The number of rotatable bonds is 3. The summed E-state index contributed by atoms with van der Waals surface area (Å²) in [7, 11) is 0. The SMILES string of the molecule is CCC1(CC)CC(N2CC(=O)CC2=O)CCO1. The van der Waals surface area contributed by atoms with Gasteiger partial charge < -0.3 is 9.64 Å². The number of Topliss-reactive ketones (excluding diaryl/α,β-unsaturated/α-hetero) is 1. The summed E-state index contributed by atoms with van der Waals surface area (Å²) in [5.41, 5.74) is -0.0885. The lowest BCUT2D eigenvalue weighted by Crippen LogP contribution is -2.48. The van der Waals surface area contributed by atoms with Crippen LogP contribution in [0.3, 0.4) is 0 Å². The number of hydrogen-bond acceptors (Lipinski definition) is 3. The van der Waals surface area contributed by atoms with Gasteiger partial charge in [-0.15, -0.1) is 0 Å². The van der Waals surface area contributed by atoms with Gasteiger partial charge >= 0.3 is 0 Å². The number of hydrogen-bond donors (Lipinski definition) is 0. The molecule has 0 aromatic carbocycles. The van der Waals surface area contributed by atoms with Crippen molar-refractivity contribution >= 4 is 11.7 Å². The van der Waals surface area contributed by atoms with Crippen LogP contribution < -0.4 is 0 Å². The quantitative estimate of drug-likeness (QED) is 0.702. The van der Waals surface area contributed by atoms with Crippen molar-refractivity contribution in [3.8, 4) is 0 Å². The molecule has 4 nitrogen and oxygen atoms in total. The summed E-state index contributed by atoms with van der Waals surface area (Å²) in [6, 6.07) is 0.197. The van der Waals surface area contributed by atoms with Crippen molar-refractivity contribution in [2.75, 3.05) is 13.2 Å². The zero-order valence-corrected chi connectivity index (χ0v) is 10.7. The van der Waals surface area contributed by atoms with E-state index in [1.807, 2.05) is 0 Å². The molecule has 0 aliphatic carbocycles. The third-order valence-corrected chi connectivity index (χ3v) is 4.21. The molecule has 2 rings (SSSR count). The van der Waals surface area contributed by atoms with E-state index >= 15 is 0 Å². The van der Waals surface area contributed by atoms with Crippen LogP contribution in [0.25, 0.3) is 0 Å². The maximum Gasteiger partial charge on any atom is 0.230 e. The minimum absolute atomic E-state index is 0.00278. The lowest BCUT2D eigenvalue weighted by atomic mass is 9.85. The minimum Gasteiger partial charge on any atom is -0.375 e. The van der Waals surface area contributed by atoms with Crippen LogP contribution in [0.1, 0.15) is 46.0 Å². The Labute approximate surface area is 102 Å². The average molecular weight is 239 g/mol. The lowest BCUT2D eigenvalue weighted by molar-refractivity contribution is -0.139. The summed E-state index contributed by atoms with van der Waals surface area (Å²) in [4.78, 5) is 24.8. The number of carbonyl (C=O) groups excluding carboxylic acids is 2. The van der Waals surface area contributed by atoms with E-state index in [0.29, 0.717) is 13.2 Å². The molecule has 96 valence electrons. The third-order valence-electron chi connectivity index (χ3n) is 4.21. The minimum atomic E-state index is -0.0885. The normalized spacial score (nSPS) is 28.8. The fourth-order valence-electron chi connectivity index (χ4n) is 2.95. The second-order valence-electron chi connectivity index (χ2n) is 5.12. The summed E-state index contributed by atoms with van der Waals surface area (Å²) in [5, 5.41) is 0. The Bertz CT molecular complexity index is 323. The van der Waals surface area contributed by atoms with Crippen molar-refractivity contribution in [3.63, 3.8) is 0 Å². The van der Waals surface area contributed by atoms with Gasteiger partial charge in [-0.1, -0.05) is 13.8 Å². The van der Waals surface area contributed by atoms with Crippen LogP contribution in [-0.2, 0) is 14.3 Å². The van der Waals surface area contributed by atoms with Gasteiger partial charge in [-0.25, -0.2) is 0 Å². The third kappa shape index (κ3) is 2.37. The van der Waals surface area contributed by atoms with Crippen molar-refractivity contribution in [1.29, 1.82) is 0 Å². The average Bonchev–Trinajstić information content (AvgIpc) is 2.68. The van der Waals surface area contributed by atoms with Crippen LogP contribution in [0.15, 0.2) is 0 Å². The van der Waals surface area contributed by atoms with Gasteiger partial charge in [0, 0.05) is 12.6 Å². The number of ketones is 1. The smallest absolute Gasteiger partial charge is 0.230 e. The molecule has 2 fully saturated rings. The maximum atomic E-state index is 11.7. The van der Waals surface area contributed by atoms with Gasteiger partial charge in [0.25, 0.3) is 0 Å². The number of amides is 1. The van der Waals surface area contributed by atoms with Crippen molar-refractivity contribution < 1.29 is 14.3 Å². The summed E-state index contributed by atoms with van der Waals surface area (Å²) < 4.78 is 5.89. The second-order valence-corrected chi connectivity index (χ2v) is 5.12. The van der Waals surface area contributed by atoms with Crippen LogP contribution >= 0.6 is 0 Å². The first-order chi connectivity index (χ1) is 8.10. The number of carbonyl (C=O) groups is 2. The van der Waals surface area contributed by atoms with E-state index in [2.05, 4.69) is 13.8 Å². The molecular formula is C13H21NO3. The number of ether oxygens (including phenoxy) is 1. The van der Waals surface area contributed by atoms with E-state index in [1.165, 1.54) is 0 Å². The molecule has 1 amide bonds. The highest BCUT2D eigenvalue weighted by Crippen LogP contribution is 2.34. The van der Waals surface area contributed by atoms with Gasteiger partial charge in [-0.2, -0.15) is 0 Å². The van der Waals surface area contributed by atoms with E-state index in [9.17, 15) is 9.59 Å². The summed E-state index contributed by atoms with van der Waals surface area (Å²) >= 11 is 0. The fourth-order valence-corrected chi connectivity index (χ4v) is 2.95. The monoisotopic (exact) mass is 239 g/mol. The molecule has 2 aliphatic rings. The van der Waals surface area contributed by atoms with Crippen LogP contribution in [0.4, 0.5) is 0 Å². The zero-order chi connectivity index (χ0) is 12.5. The highest BCUT2D eigenvalue weighted by molar-refractivity contribution is 6.05. The molecule has 2 heterocycles. The molecule has 0 radical (unpaired) electrons. The topological polar surface area (TPSA) is 46.6 Å². The van der Waals surface area contributed by atoms with Crippen LogP contribution in [0.2, 0.25) is 0 Å². The van der Waals surface area contributed by atoms with Gasteiger partial charge in [0.2, 0.25) is 5.91 Å². The highest BCUT2D eigenvalue weighted by atomic mass is 16.5. The summed E-state index contributed by atoms with van der Waals surface area (Å²) in [6.07, 6.45) is 3.77. The van der Waals surface area contributed by atoms with Crippen LogP contribution in [0.5, 0.6) is 0 Å².